The van der Waals surface area contributed by atoms with Gasteiger partial charge in [0.05, 0.1) is 0 Å². The SMILES string of the molecule is CCC1(CNCC(C)N)CC1. The predicted molar refractivity (Wildman–Crippen MR) is 48.5 cm³/mol. The molecule has 1 aliphatic rings. The van der Waals surface area contributed by atoms with Crippen LogP contribution in [0.3, 0.4) is 0 Å². The van der Waals surface area contributed by atoms with Gasteiger partial charge in [-0.15, -0.1) is 0 Å². The van der Waals surface area contributed by atoms with Crippen LogP contribution in [0.2, 0.25) is 0 Å². The molecule has 0 aromatic rings. The van der Waals surface area contributed by atoms with Crippen molar-refractivity contribution in [1.82, 2.24) is 5.32 Å². The quantitative estimate of drug-likeness (QED) is 0.626. The van der Waals surface area contributed by atoms with Gasteiger partial charge in [0, 0.05) is 19.1 Å². The fourth-order valence-electron chi connectivity index (χ4n) is 1.40. The van der Waals surface area contributed by atoms with Crippen LogP contribution in [0.4, 0.5) is 0 Å². The van der Waals surface area contributed by atoms with Crippen LogP contribution in [0.25, 0.3) is 0 Å². The Morgan fingerprint density at radius 3 is 2.55 bits per heavy atom. The summed E-state index contributed by atoms with van der Waals surface area (Å²) in [4.78, 5) is 0. The van der Waals surface area contributed by atoms with Gasteiger partial charge in [0.25, 0.3) is 0 Å². The predicted octanol–water partition coefficient (Wildman–Crippen LogP) is 1.11. The maximum absolute atomic E-state index is 5.62. The van der Waals surface area contributed by atoms with E-state index in [9.17, 15) is 0 Å². The highest BCUT2D eigenvalue weighted by Gasteiger charge is 2.39. The molecule has 0 heterocycles. The molecule has 66 valence electrons. The minimum absolute atomic E-state index is 0.294. The van der Waals surface area contributed by atoms with Crippen LogP contribution in [-0.2, 0) is 0 Å². The molecule has 0 aromatic carbocycles. The van der Waals surface area contributed by atoms with Gasteiger partial charge >= 0.3 is 0 Å². The van der Waals surface area contributed by atoms with Crippen molar-refractivity contribution < 1.29 is 0 Å². The van der Waals surface area contributed by atoms with E-state index in [0.717, 1.165) is 6.54 Å². The maximum Gasteiger partial charge on any atom is 0.0136 e. The van der Waals surface area contributed by atoms with Gasteiger partial charge in [0.15, 0.2) is 0 Å². The molecular weight excluding hydrogens is 136 g/mol. The Morgan fingerprint density at radius 1 is 1.55 bits per heavy atom. The van der Waals surface area contributed by atoms with E-state index >= 15 is 0 Å². The van der Waals surface area contributed by atoms with Gasteiger partial charge in [-0.1, -0.05) is 6.92 Å². The van der Waals surface area contributed by atoms with Crippen LogP contribution >= 0.6 is 0 Å². The summed E-state index contributed by atoms with van der Waals surface area (Å²) < 4.78 is 0. The number of hydrogen-bond acceptors (Lipinski definition) is 2. The average molecular weight is 156 g/mol. The number of rotatable bonds is 5. The van der Waals surface area contributed by atoms with Gasteiger partial charge in [-0.2, -0.15) is 0 Å². The molecule has 1 fully saturated rings. The Hall–Kier alpha value is -0.0800. The first-order chi connectivity index (χ1) is 5.18. The van der Waals surface area contributed by atoms with Gasteiger partial charge in [-0.05, 0) is 31.6 Å². The van der Waals surface area contributed by atoms with Crippen molar-refractivity contribution in [3.8, 4) is 0 Å². The Morgan fingerprint density at radius 2 is 2.18 bits per heavy atom. The van der Waals surface area contributed by atoms with Crippen molar-refractivity contribution >= 4 is 0 Å². The zero-order valence-corrected chi connectivity index (χ0v) is 7.69. The van der Waals surface area contributed by atoms with E-state index < -0.39 is 0 Å². The molecular formula is C9H20N2. The second-order valence-electron chi connectivity index (χ2n) is 3.96. The van der Waals surface area contributed by atoms with Crippen molar-refractivity contribution in [2.75, 3.05) is 13.1 Å². The summed E-state index contributed by atoms with van der Waals surface area (Å²) in [7, 11) is 0. The summed E-state index contributed by atoms with van der Waals surface area (Å²) >= 11 is 0. The molecule has 1 atom stereocenters. The smallest absolute Gasteiger partial charge is 0.0136 e. The summed E-state index contributed by atoms with van der Waals surface area (Å²) in [6.07, 6.45) is 4.14. The first-order valence-electron chi connectivity index (χ1n) is 4.65. The van der Waals surface area contributed by atoms with Crippen molar-refractivity contribution in [1.29, 1.82) is 0 Å². The second kappa shape index (κ2) is 3.55. The molecule has 0 spiro atoms. The van der Waals surface area contributed by atoms with Crippen molar-refractivity contribution in [3.63, 3.8) is 0 Å². The number of nitrogens with one attached hydrogen (secondary N) is 1. The molecule has 1 unspecified atom stereocenters. The lowest BCUT2D eigenvalue weighted by atomic mass is 10.0. The minimum atomic E-state index is 0.294. The fraction of sp³-hybridized carbons (Fsp3) is 1.00. The van der Waals surface area contributed by atoms with E-state index in [1.165, 1.54) is 25.8 Å². The largest absolute Gasteiger partial charge is 0.327 e. The molecule has 0 aromatic heterocycles. The second-order valence-corrected chi connectivity index (χ2v) is 3.96. The van der Waals surface area contributed by atoms with E-state index in [2.05, 4.69) is 12.2 Å². The fourth-order valence-corrected chi connectivity index (χ4v) is 1.40. The van der Waals surface area contributed by atoms with Crippen molar-refractivity contribution in [2.24, 2.45) is 11.1 Å². The Labute approximate surface area is 69.5 Å². The molecule has 0 radical (unpaired) electrons. The first kappa shape index (κ1) is 9.01. The van der Waals surface area contributed by atoms with E-state index in [1.54, 1.807) is 0 Å². The standard InChI is InChI=1S/C9H20N2/c1-3-9(4-5-9)7-11-6-8(2)10/h8,11H,3-7,10H2,1-2H3. The van der Waals surface area contributed by atoms with Crippen LogP contribution in [-0.4, -0.2) is 19.1 Å². The molecule has 0 bridgehead atoms. The van der Waals surface area contributed by atoms with E-state index in [4.69, 9.17) is 5.73 Å². The zero-order valence-electron chi connectivity index (χ0n) is 7.69. The highest BCUT2D eigenvalue weighted by atomic mass is 14.9. The zero-order chi connectivity index (χ0) is 8.32. The topological polar surface area (TPSA) is 38.0 Å². The van der Waals surface area contributed by atoms with Gasteiger partial charge < -0.3 is 11.1 Å². The van der Waals surface area contributed by atoms with Gasteiger partial charge in [0.1, 0.15) is 0 Å². The normalized spacial score (nSPS) is 23.2. The molecule has 0 aliphatic heterocycles. The molecule has 1 rings (SSSR count). The van der Waals surface area contributed by atoms with Crippen LogP contribution in [0.15, 0.2) is 0 Å². The van der Waals surface area contributed by atoms with Crippen molar-refractivity contribution in [2.45, 2.75) is 39.2 Å². The number of hydrogen-bond donors (Lipinski definition) is 2. The summed E-state index contributed by atoms with van der Waals surface area (Å²) in [5, 5.41) is 3.41. The van der Waals surface area contributed by atoms with Crippen LogP contribution in [0.1, 0.15) is 33.1 Å². The molecule has 3 N–H and O–H groups in total. The summed E-state index contributed by atoms with van der Waals surface area (Å²) in [6, 6.07) is 0.294. The average Bonchev–Trinajstić information content (AvgIpc) is 2.69. The molecule has 1 aliphatic carbocycles. The molecule has 0 saturated heterocycles. The van der Waals surface area contributed by atoms with E-state index in [-0.39, 0.29) is 0 Å². The third kappa shape index (κ3) is 2.80. The van der Waals surface area contributed by atoms with Crippen molar-refractivity contribution in [3.05, 3.63) is 0 Å². The summed E-state index contributed by atoms with van der Waals surface area (Å²) in [5.74, 6) is 0. The van der Waals surface area contributed by atoms with Crippen LogP contribution in [0, 0.1) is 5.41 Å². The molecule has 0 amide bonds. The highest BCUT2D eigenvalue weighted by Crippen LogP contribution is 2.47. The lowest BCUT2D eigenvalue weighted by Crippen LogP contribution is -2.34. The third-order valence-electron chi connectivity index (χ3n) is 2.67. The summed E-state index contributed by atoms with van der Waals surface area (Å²) in [6.45, 7) is 6.45. The van der Waals surface area contributed by atoms with E-state index in [1.807, 2.05) is 6.92 Å². The molecule has 11 heavy (non-hydrogen) atoms. The van der Waals surface area contributed by atoms with Gasteiger partial charge in [-0.3, -0.25) is 0 Å². The van der Waals surface area contributed by atoms with Gasteiger partial charge in [-0.25, -0.2) is 0 Å². The van der Waals surface area contributed by atoms with Crippen LogP contribution in [0.5, 0.6) is 0 Å². The molecule has 2 nitrogen and oxygen atoms in total. The third-order valence-corrected chi connectivity index (χ3v) is 2.67. The summed E-state index contributed by atoms with van der Waals surface area (Å²) in [5.41, 5.74) is 6.28. The monoisotopic (exact) mass is 156 g/mol. The Bertz CT molecular complexity index is 117. The number of nitrogens with two attached hydrogens (primary N) is 1. The lowest BCUT2D eigenvalue weighted by Gasteiger charge is -2.14. The molecule has 2 heteroatoms. The highest BCUT2D eigenvalue weighted by molar-refractivity contribution is 4.93. The van der Waals surface area contributed by atoms with Gasteiger partial charge in [0.2, 0.25) is 0 Å². The first-order valence-corrected chi connectivity index (χ1v) is 4.65. The molecule has 1 saturated carbocycles. The van der Waals surface area contributed by atoms with Crippen LogP contribution < -0.4 is 11.1 Å². The Balaban J connectivity index is 2.03. The maximum atomic E-state index is 5.62. The Kier molecular flexibility index (Phi) is 2.90. The minimum Gasteiger partial charge on any atom is -0.327 e. The van der Waals surface area contributed by atoms with E-state index in [0.29, 0.717) is 11.5 Å². The lowest BCUT2D eigenvalue weighted by molar-refractivity contribution is 0.436.